The van der Waals surface area contributed by atoms with E-state index < -0.39 is 0 Å². The molecule has 0 radical (unpaired) electrons. The first-order valence-electron chi connectivity index (χ1n) is 13.0. The molecule has 0 amide bonds. The van der Waals surface area contributed by atoms with Crippen molar-refractivity contribution in [2.75, 3.05) is 0 Å². The summed E-state index contributed by atoms with van der Waals surface area (Å²) in [6.07, 6.45) is 20.9. The topological polar surface area (TPSA) is 0 Å². The highest BCUT2D eigenvalue weighted by Crippen LogP contribution is 2.85. The van der Waals surface area contributed by atoms with Crippen LogP contribution in [0.3, 0.4) is 0 Å². The highest BCUT2D eigenvalue weighted by Gasteiger charge is 2.77. The molecule has 4 saturated carbocycles. The third kappa shape index (κ3) is 2.61. The Bertz CT molecular complexity index is 642. The van der Waals surface area contributed by atoms with Gasteiger partial charge in [-0.05, 0) is 110 Å². The highest BCUT2D eigenvalue weighted by molar-refractivity contribution is 5.30. The van der Waals surface area contributed by atoms with Crippen LogP contribution in [-0.4, -0.2) is 0 Å². The van der Waals surface area contributed by atoms with E-state index in [9.17, 15) is 0 Å². The second-order valence-electron chi connectivity index (χ2n) is 12.9. The molecule has 28 heavy (non-hydrogen) atoms. The normalized spacial score (nSPS) is 50.3. The zero-order valence-corrected chi connectivity index (χ0v) is 19.5. The predicted octanol–water partition coefficient (Wildman–Crippen LogP) is 8.42. The predicted molar refractivity (Wildman–Crippen MR) is 120 cm³/mol. The highest BCUT2D eigenvalue weighted by atomic mass is 14.8. The maximum Gasteiger partial charge on any atom is -0.00851 e. The molecule has 0 nitrogen and oxygen atoms in total. The van der Waals surface area contributed by atoms with Gasteiger partial charge in [-0.2, -0.15) is 0 Å². The van der Waals surface area contributed by atoms with Crippen molar-refractivity contribution in [1.29, 1.82) is 0 Å². The summed E-state index contributed by atoms with van der Waals surface area (Å²) in [5.41, 5.74) is 4.01. The molecule has 2 unspecified atom stereocenters. The molecule has 5 aliphatic carbocycles. The first-order valence-corrected chi connectivity index (χ1v) is 13.0. The average molecular weight is 383 g/mol. The molecule has 0 aliphatic heterocycles. The molecule has 0 N–H and O–H groups in total. The summed E-state index contributed by atoms with van der Waals surface area (Å²) in [4.78, 5) is 0. The lowest BCUT2D eigenvalue weighted by molar-refractivity contribution is -0.0124. The van der Waals surface area contributed by atoms with Gasteiger partial charge in [-0.15, -0.1) is 0 Å². The van der Waals surface area contributed by atoms with Crippen molar-refractivity contribution in [3.63, 3.8) is 0 Å². The van der Waals surface area contributed by atoms with Crippen LogP contribution in [-0.2, 0) is 0 Å². The summed E-state index contributed by atoms with van der Waals surface area (Å²) in [5, 5.41) is 0. The van der Waals surface area contributed by atoms with Crippen molar-refractivity contribution in [1.82, 2.24) is 0 Å². The molecular formula is C28H46. The minimum atomic E-state index is 0.570. The van der Waals surface area contributed by atoms with Gasteiger partial charge in [0.2, 0.25) is 0 Å². The first-order chi connectivity index (χ1) is 13.3. The van der Waals surface area contributed by atoms with Gasteiger partial charge in [0.05, 0.1) is 0 Å². The van der Waals surface area contributed by atoms with Gasteiger partial charge >= 0.3 is 0 Å². The van der Waals surface area contributed by atoms with Crippen LogP contribution in [0.1, 0.15) is 112 Å². The fraction of sp³-hybridized carbons (Fsp3) is 0.929. The van der Waals surface area contributed by atoms with Crippen LogP contribution in [0.5, 0.6) is 0 Å². The van der Waals surface area contributed by atoms with Crippen molar-refractivity contribution >= 4 is 0 Å². The van der Waals surface area contributed by atoms with Crippen molar-refractivity contribution in [2.45, 2.75) is 112 Å². The Labute approximate surface area is 175 Å². The molecule has 158 valence electrons. The maximum atomic E-state index is 2.77. The van der Waals surface area contributed by atoms with Crippen LogP contribution in [0.2, 0.25) is 0 Å². The third-order valence-electron chi connectivity index (χ3n) is 11.3. The van der Waals surface area contributed by atoms with E-state index in [1.807, 2.05) is 5.57 Å². The van der Waals surface area contributed by atoms with E-state index in [1.165, 1.54) is 44.9 Å². The molecule has 5 rings (SSSR count). The summed E-state index contributed by atoms with van der Waals surface area (Å²) in [6, 6.07) is 0. The molecule has 0 heterocycles. The van der Waals surface area contributed by atoms with Crippen LogP contribution in [0.4, 0.5) is 0 Å². The Balaban J connectivity index is 1.33. The molecule has 0 aromatic rings. The second kappa shape index (κ2) is 6.62. The minimum absolute atomic E-state index is 0.570. The summed E-state index contributed by atoms with van der Waals surface area (Å²) < 4.78 is 0. The van der Waals surface area contributed by atoms with Gasteiger partial charge in [0, 0.05) is 0 Å². The van der Waals surface area contributed by atoms with E-state index in [2.05, 4.69) is 40.7 Å². The smallest absolute Gasteiger partial charge is 0.00851 e. The second-order valence-corrected chi connectivity index (χ2v) is 12.9. The van der Waals surface area contributed by atoms with Crippen molar-refractivity contribution in [2.24, 2.45) is 51.8 Å². The minimum Gasteiger partial charge on any atom is -0.0845 e. The fourth-order valence-corrected chi connectivity index (χ4v) is 9.68. The fourth-order valence-electron chi connectivity index (χ4n) is 9.68. The van der Waals surface area contributed by atoms with Crippen LogP contribution < -0.4 is 0 Å². The van der Waals surface area contributed by atoms with Crippen molar-refractivity contribution in [3.05, 3.63) is 11.6 Å². The maximum absolute atomic E-state index is 2.77. The Kier molecular flexibility index (Phi) is 4.65. The van der Waals surface area contributed by atoms with Crippen LogP contribution in [0, 0.1) is 51.8 Å². The SMILES string of the molecule is CC(C)CCC[C@@H](C)[C@@]12CC[C@H]3C4CC=C5C[C@@H](C)CCC5(C)[C@H]4CC[C@@]31C2. The summed E-state index contributed by atoms with van der Waals surface area (Å²) >= 11 is 0. The Hall–Kier alpha value is -0.260. The summed E-state index contributed by atoms with van der Waals surface area (Å²) in [7, 11) is 0. The van der Waals surface area contributed by atoms with Gasteiger partial charge in [0.15, 0.2) is 0 Å². The molecule has 4 fully saturated rings. The molecule has 0 saturated heterocycles. The van der Waals surface area contributed by atoms with E-state index in [0.717, 1.165) is 46.3 Å². The Morgan fingerprint density at radius 2 is 1.79 bits per heavy atom. The molecule has 8 atom stereocenters. The van der Waals surface area contributed by atoms with E-state index in [-0.39, 0.29) is 0 Å². The monoisotopic (exact) mass is 382 g/mol. The van der Waals surface area contributed by atoms with Gasteiger partial charge in [-0.3, -0.25) is 0 Å². The van der Waals surface area contributed by atoms with Crippen LogP contribution in [0.25, 0.3) is 0 Å². The largest absolute Gasteiger partial charge is 0.0845 e. The average Bonchev–Trinajstić information content (AvgIpc) is 3.18. The molecule has 0 bridgehead atoms. The van der Waals surface area contributed by atoms with E-state index >= 15 is 0 Å². The number of rotatable bonds is 5. The number of hydrogen-bond acceptors (Lipinski definition) is 0. The number of allylic oxidation sites excluding steroid dienone is 2. The van der Waals surface area contributed by atoms with Gasteiger partial charge in [-0.25, -0.2) is 0 Å². The van der Waals surface area contributed by atoms with Gasteiger partial charge in [0.25, 0.3) is 0 Å². The standard InChI is InChI=1S/C28H46/c1-19(2)7-6-8-21(4)27-15-13-25-23-10-9-22-17-20(3)11-14-26(22,5)24(23)12-16-28(25,27)18-27/h9,19-21,23-25H,6-8,10-18H2,1-5H3/t20-,21+,23?,24-,25-,26?,27-,28+/m0/s1. The summed E-state index contributed by atoms with van der Waals surface area (Å²) in [5.74, 6) is 5.92. The van der Waals surface area contributed by atoms with Crippen LogP contribution >= 0.6 is 0 Å². The zero-order valence-electron chi connectivity index (χ0n) is 19.5. The van der Waals surface area contributed by atoms with E-state index in [4.69, 9.17) is 0 Å². The molecule has 5 aliphatic rings. The summed E-state index contributed by atoms with van der Waals surface area (Å²) in [6.45, 7) is 12.6. The lowest BCUT2D eigenvalue weighted by Gasteiger charge is -2.56. The molecule has 0 heteroatoms. The van der Waals surface area contributed by atoms with Crippen molar-refractivity contribution in [3.8, 4) is 0 Å². The Morgan fingerprint density at radius 3 is 2.57 bits per heavy atom. The zero-order chi connectivity index (χ0) is 19.7. The molecule has 1 spiro atoms. The quantitative estimate of drug-likeness (QED) is 0.418. The number of fused-ring (bicyclic) bond motifs is 4. The Morgan fingerprint density at radius 1 is 1.00 bits per heavy atom. The van der Waals surface area contributed by atoms with Gasteiger partial charge in [0.1, 0.15) is 0 Å². The molecular weight excluding hydrogens is 336 g/mol. The van der Waals surface area contributed by atoms with Crippen LogP contribution in [0.15, 0.2) is 11.6 Å². The molecule has 0 aromatic carbocycles. The van der Waals surface area contributed by atoms with Gasteiger partial charge in [-0.1, -0.05) is 65.5 Å². The lowest BCUT2D eigenvalue weighted by Crippen LogP contribution is -2.47. The van der Waals surface area contributed by atoms with Crippen molar-refractivity contribution < 1.29 is 0 Å². The number of hydrogen-bond donors (Lipinski definition) is 0. The third-order valence-corrected chi connectivity index (χ3v) is 11.3. The lowest BCUT2D eigenvalue weighted by atomic mass is 9.49. The van der Waals surface area contributed by atoms with E-state index in [1.54, 1.807) is 32.1 Å². The van der Waals surface area contributed by atoms with Gasteiger partial charge < -0.3 is 0 Å². The van der Waals surface area contributed by atoms with E-state index in [0.29, 0.717) is 5.41 Å². The first kappa shape index (κ1) is 19.7. The molecule has 0 aromatic heterocycles.